The molecule has 0 atom stereocenters. The van der Waals surface area contributed by atoms with Gasteiger partial charge in [-0.25, -0.2) is 4.98 Å². The lowest BCUT2D eigenvalue weighted by atomic mass is 10.2. The molecule has 0 saturated carbocycles. The van der Waals surface area contributed by atoms with Crippen LogP contribution >= 0.6 is 11.3 Å². The van der Waals surface area contributed by atoms with Crippen molar-refractivity contribution in [3.63, 3.8) is 0 Å². The van der Waals surface area contributed by atoms with E-state index in [0.29, 0.717) is 11.3 Å². The van der Waals surface area contributed by atoms with Crippen LogP contribution in [0.4, 0.5) is 5.69 Å². The highest BCUT2D eigenvalue weighted by Crippen LogP contribution is 2.14. The van der Waals surface area contributed by atoms with E-state index in [1.54, 1.807) is 36.5 Å². The Morgan fingerprint density at radius 3 is 2.54 bits per heavy atom. The van der Waals surface area contributed by atoms with Crippen LogP contribution in [0.15, 0.2) is 36.5 Å². The minimum absolute atomic E-state index is 0.223. The van der Waals surface area contributed by atoms with Crippen LogP contribution in [0.3, 0.4) is 0 Å². The minimum atomic E-state index is -0.616. The molecule has 1 heterocycles. The largest absolute Gasteiger partial charge is 0.368 e. The molecule has 0 aliphatic heterocycles. The van der Waals surface area contributed by atoms with Gasteiger partial charge in [0.2, 0.25) is 11.8 Å². The maximum atomic E-state index is 11.8. The van der Waals surface area contributed by atoms with Crippen molar-refractivity contribution in [3.05, 3.63) is 52.0 Å². The summed E-state index contributed by atoms with van der Waals surface area (Å²) in [4.78, 5) is 39.2. The molecule has 0 unspecified atom stereocenters. The third-order valence-electron chi connectivity index (χ3n) is 2.88. The van der Waals surface area contributed by atoms with Gasteiger partial charge in [0.05, 0.1) is 11.6 Å². The number of thiazole rings is 1. The van der Waals surface area contributed by atoms with Crippen LogP contribution in [0.5, 0.6) is 0 Å². The van der Waals surface area contributed by atoms with Gasteiger partial charge in [-0.05, 0) is 37.3 Å². The van der Waals surface area contributed by atoms with Crippen molar-refractivity contribution in [2.24, 2.45) is 5.73 Å². The molecule has 0 spiro atoms. The van der Waals surface area contributed by atoms with E-state index < -0.39 is 11.8 Å². The Kier molecular flexibility index (Phi) is 5.80. The van der Waals surface area contributed by atoms with Gasteiger partial charge >= 0.3 is 0 Å². The van der Waals surface area contributed by atoms with E-state index in [1.165, 1.54) is 17.4 Å². The van der Waals surface area contributed by atoms with Crippen LogP contribution in [0.1, 0.15) is 20.2 Å². The SMILES string of the molecule is Cc1ncc(/C=C\C(=O)Nc2ccc(C(=O)NCC(N)=O)cc2)s1. The summed E-state index contributed by atoms with van der Waals surface area (Å²) in [6.07, 6.45) is 4.80. The Bertz CT molecular complexity index is 781. The number of benzene rings is 1. The quantitative estimate of drug-likeness (QED) is 0.686. The third kappa shape index (κ3) is 5.33. The number of carbonyl (C=O) groups excluding carboxylic acids is 3. The average Bonchev–Trinajstić information content (AvgIpc) is 2.97. The minimum Gasteiger partial charge on any atom is -0.368 e. The Labute approximate surface area is 142 Å². The fourth-order valence-electron chi connectivity index (χ4n) is 1.77. The first kappa shape index (κ1) is 17.4. The zero-order chi connectivity index (χ0) is 17.5. The molecular weight excluding hydrogens is 328 g/mol. The van der Waals surface area contributed by atoms with Gasteiger partial charge in [-0.15, -0.1) is 11.3 Å². The van der Waals surface area contributed by atoms with Crippen LogP contribution < -0.4 is 16.4 Å². The molecule has 2 aromatic rings. The van der Waals surface area contributed by atoms with E-state index >= 15 is 0 Å². The van der Waals surface area contributed by atoms with Crippen LogP contribution in [-0.2, 0) is 9.59 Å². The highest BCUT2D eigenvalue weighted by molar-refractivity contribution is 7.12. The van der Waals surface area contributed by atoms with Crippen LogP contribution in [0.25, 0.3) is 6.08 Å². The molecule has 1 aromatic heterocycles. The first-order valence-electron chi connectivity index (χ1n) is 7.02. The fourth-order valence-corrected chi connectivity index (χ4v) is 2.46. The highest BCUT2D eigenvalue weighted by atomic mass is 32.1. The zero-order valence-electron chi connectivity index (χ0n) is 12.9. The molecule has 7 nitrogen and oxygen atoms in total. The normalized spacial score (nSPS) is 10.5. The predicted octanol–water partition coefficient (Wildman–Crippen LogP) is 1.32. The van der Waals surface area contributed by atoms with Crippen molar-refractivity contribution in [1.82, 2.24) is 10.3 Å². The van der Waals surface area contributed by atoms with Crippen LogP contribution in [-0.4, -0.2) is 29.3 Å². The lowest BCUT2D eigenvalue weighted by Gasteiger charge is -2.05. The first-order valence-corrected chi connectivity index (χ1v) is 7.84. The topological polar surface area (TPSA) is 114 Å². The monoisotopic (exact) mass is 344 g/mol. The molecule has 0 saturated heterocycles. The predicted molar refractivity (Wildman–Crippen MR) is 92.5 cm³/mol. The van der Waals surface area contributed by atoms with E-state index in [4.69, 9.17) is 5.73 Å². The van der Waals surface area contributed by atoms with Gasteiger partial charge in [0, 0.05) is 28.4 Å². The molecule has 0 aliphatic rings. The number of aromatic nitrogens is 1. The van der Waals surface area contributed by atoms with Crippen LogP contribution in [0.2, 0.25) is 0 Å². The molecule has 24 heavy (non-hydrogen) atoms. The Balaban J connectivity index is 1.91. The van der Waals surface area contributed by atoms with E-state index in [2.05, 4.69) is 15.6 Å². The molecule has 4 N–H and O–H groups in total. The Morgan fingerprint density at radius 1 is 1.25 bits per heavy atom. The number of carbonyl (C=O) groups is 3. The maximum absolute atomic E-state index is 11.8. The molecule has 0 bridgehead atoms. The fraction of sp³-hybridized carbons (Fsp3) is 0.125. The molecule has 0 radical (unpaired) electrons. The summed E-state index contributed by atoms with van der Waals surface area (Å²) in [6, 6.07) is 6.29. The molecule has 124 valence electrons. The number of primary amides is 1. The van der Waals surface area contributed by atoms with Gasteiger partial charge in [0.15, 0.2) is 0 Å². The summed E-state index contributed by atoms with van der Waals surface area (Å²) >= 11 is 1.49. The number of rotatable bonds is 6. The molecule has 1 aromatic carbocycles. The zero-order valence-corrected chi connectivity index (χ0v) is 13.7. The van der Waals surface area contributed by atoms with Crippen LogP contribution in [0, 0.1) is 6.92 Å². The maximum Gasteiger partial charge on any atom is 0.251 e. The number of hydrogen-bond acceptors (Lipinski definition) is 5. The van der Waals surface area contributed by atoms with Crippen molar-refractivity contribution in [3.8, 4) is 0 Å². The van der Waals surface area contributed by atoms with Gasteiger partial charge in [0.25, 0.3) is 5.91 Å². The molecule has 2 rings (SSSR count). The summed E-state index contributed by atoms with van der Waals surface area (Å²) in [7, 11) is 0. The van der Waals surface area contributed by atoms with Gasteiger partial charge in [-0.1, -0.05) is 0 Å². The number of hydrogen-bond donors (Lipinski definition) is 3. The van der Waals surface area contributed by atoms with E-state index in [9.17, 15) is 14.4 Å². The smallest absolute Gasteiger partial charge is 0.251 e. The van der Waals surface area contributed by atoms with Gasteiger partial charge < -0.3 is 16.4 Å². The summed E-state index contributed by atoms with van der Waals surface area (Å²) in [5.41, 5.74) is 5.88. The molecule has 3 amide bonds. The van der Waals surface area contributed by atoms with Crippen molar-refractivity contribution in [1.29, 1.82) is 0 Å². The summed E-state index contributed by atoms with van der Waals surface area (Å²) < 4.78 is 0. The molecular formula is C16H16N4O3S. The molecule has 8 heteroatoms. The Morgan fingerprint density at radius 2 is 1.96 bits per heavy atom. The summed E-state index contributed by atoms with van der Waals surface area (Å²) in [6.45, 7) is 1.67. The van der Waals surface area contributed by atoms with E-state index in [1.807, 2.05) is 6.92 Å². The lowest BCUT2D eigenvalue weighted by molar-refractivity contribution is -0.117. The number of aryl methyl sites for hydroxylation is 1. The highest BCUT2D eigenvalue weighted by Gasteiger charge is 2.06. The van der Waals surface area contributed by atoms with Crippen molar-refractivity contribution >= 4 is 40.8 Å². The number of amides is 3. The number of anilines is 1. The standard InChI is InChI=1S/C16H16N4O3S/c1-10-18-8-13(24-10)6-7-15(22)20-12-4-2-11(3-5-12)16(23)19-9-14(17)21/h2-8H,9H2,1H3,(H2,17,21)(H,19,23)(H,20,22)/b7-6-. The van der Waals surface area contributed by atoms with E-state index in [0.717, 1.165) is 9.88 Å². The number of nitrogens with zero attached hydrogens (tertiary/aromatic N) is 1. The lowest BCUT2D eigenvalue weighted by Crippen LogP contribution is -2.33. The molecule has 0 aliphatic carbocycles. The van der Waals surface area contributed by atoms with Gasteiger partial charge in [-0.2, -0.15) is 0 Å². The van der Waals surface area contributed by atoms with Crippen molar-refractivity contribution < 1.29 is 14.4 Å². The summed E-state index contributed by atoms with van der Waals surface area (Å²) in [5.74, 6) is -1.31. The van der Waals surface area contributed by atoms with Crippen molar-refractivity contribution in [2.75, 3.05) is 11.9 Å². The van der Waals surface area contributed by atoms with Gasteiger partial charge in [0.1, 0.15) is 0 Å². The number of nitrogens with one attached hydrogen (secondary N) is 2. The number of nitrogens with two attached hydrogens (primary N) is 1. The second-order valence-electron chi connectivity index (χ2n) is 4.83. The second-order valence-corrected chi connectivity index (χ2v) is 6.10. The first-order chi connectivity index (χ1) is 11.4. The summed E-state index contributed by atoms with van der Waals surface area (Å²) in [5, 5.41) is 6.00. The molecule has 0 fully saturated rings. The second kappa shape index (κ2) is 8.02. The Hall–Kier alpha value is -3.00. The van der Waals surface area contributed by atoms with Crippen molar-refractivity contribution in [2.45, 2.75) is 6.92 Å². The van der Waals surface area contributed by atoms with Gasteiger partial charge in [-0.3, -0.25) is 14.4 Å². The average molecular weight is 344 g/mol. The van der Waals surface area contributed by atoms with E-state index in [-0.39, 0.29) is 12.5 Å². The third-order valence-corrected chi connectivity index (χ3v) is 3.75.